The van der Waals surface area contributed by atoms with E-state index in [0.29, 0.717) is 11.3 Å². The van der Waals surface area contributed by atoms with Crippen molar-refractivity contribution in [2.24, 2.45) is 5.92 Å². The Kier molecular flexibility index (Phi) is 6.65. The van der Waals surface area contributed by atoms with Crippen molar-refractivity contribution in [3.05, 3.63) is 29.6 Å². The number of carbonyl (C=O) groups is 1. The van der Waals surface area contributed by atoms with E-state index in [-0.39, 0.29) is 24.1 Å². The highest BCUT2D eigenvalue weighted by molar-refractivity contribution is 5.85. The number of benzene rings is 1. The van der Waals surface area contributed by atoms with E-state index in [4.69, 9.17) is 5.21 Å². The van der Waals surface area contributed by atoms with Crippen LogP contribution < -0.4 is 10.8 Å². The van der Waals surface area contributed by atoms with Gasteiger partial charge in [0.15, 0.2) is 0 Å². The first-order valence-electron chi connectivity index (χ1n) is 5.42. The van der Waals surface area contributed by atoms with Crippen LogP contribution in [0.4, 0.5) is 10.1 Å². The molecule has 1 amide bonds. The molecule has 6 heteroatoms. The Hall–Kier alpha value is -1.33. The summed E-state index contributed by atoms with van der Waals surface area (Å²) in [6, 6.07) is 3.95. The van der Waals surface area contributed by atoms with Gasteiger partial charge in [-0.25, -0.2) is 9.87 Å². The minimum Gasteiger partial charge on any atom is -0.373 e. The third-order valence-electron chi connectivity index (χ3n) is 2.54. The van der Waals surface area contributed by atoms with Crippen LogP contribution in [0.25, 0.3) is 0 Å². The molecule has 0 aliphatic carbocycles. The molecule has 4 nitrogen and oxygen atoms in total. The summed E-state index contributed by atoms with van der Waals surface area (Å²) in [6.07, 6.45) is 0. The zero-order valence-electron chi connectivity index (χ0n) is 10.5. The van der Waals surface area contributed by atoms with Crippen molar-refractivity contribution >= 4 is 24.0 Å². The average Bonchev–Trinajstić information content (AvgIpc) is 2.29. The summed E-state index contributed by atoms with van der Waals surface area (Å²) in [5, 5.41) is 11.6. The van der Waals surface area contributed by atoms with Gasteiger partial charge in [-0.05, 0) is 36.6 Å². The van der Waals surface area contributed by atoms with E-state index in [1.54, 1.807) is 24.5 Å². The summed E-state index contributed by atoms with van der Waals surface area (Å²) >= 11 is 0. The van der Waals surface area contributed by atoms with E-state index in [1.165, 1.54) is 6.07 Å². The van der Waals surface area contributed by atoms with E-state index in [9.17, 15) is 9.18 Å². The molecule has 0 saturated carbocycles. The molecule has 0 fully saturated rings. The van der Waals surface area contributed by atoms with Crippen molar-refractivity contribution in [1.82, 2.24) is 5.48 Å². The van der Waals surface area contributed by atoms with E-state index in [2.05, 4.69) is 5.32 Å². The molecule has 0 bridgehead atoms. The maximum absolute atomic E-state index is 13.1. The van der Waals surface area contributed by atoms with Crippen molar-refractivity contribution in [2.75, 3.05) is 5.32 Å². The van der Waals surface area contributed by atoms with Crippen LogP contribution in [0, 0.1) is 18.7 Å². The van der Waals surface area contributed by atoms with Gasteiger partial charge in [-0.1, -0.05) is 13.8 Å². The Bertz CT molecular complexity index is 413. The maximum Gasteiger partial charge on any atom is 0.266 e. The van der Waals surface area contributed by atoms with Crippen LogP contribution in [0.5, 0.6) is 0 Å². The fourth-order valence-corrected chi connectivity index (χ4v) is 1.52. The first-order chi connectivity index (χ1) is 7.95. The van der Waals surface area contributed by atoms with Crippen LogP contribution in [-0.2, 0) is 4.79 Å². The normalized spacial score (nSPS) is 11.7. The number of aryl methyl sites for hydroxylation is 1. The number of hydrogen-bond acceptors (Lipinski definition) is 3. The molecule has 102 valence electrons. The summed E-state index contributed by atoms with van der Waals surface area (Å²) < 4.78 is 13.1. The molecule has 3 N–H and O–H groups in total. The van der Waals surface area contributed by atoms with Gasteiger partial charge in [0.25, 0.3) is 5.91 Å². The van der Waals surface area contributed by atoms with Crippen LogP contribution in [0.2, 0.25) is 0 Å². The molecule has 0 aromatic heterocycles. The smallest absolute Gasteiger partial charge is 0.266 e. The molecule has 0 spiro atoms. The van der Waals surface area contributed by atoms with Crippen LogP contribution >= 0.6 is 12.4 Å². The van der Waals surface area contributed by atoms with E-state index in [0.717, 1.165) is 0 Å². The molecule has 1 atom stereocenters. The summed E-state index contributed by atoms with van der Waals surface area (Å²) in [7, 11) is 0. The molecule has 1 aromatic rings. The fourth-order valence-electron chi connectivity index (χ4n) is 1.52. The number of anilines is 1. The van der Waals surface area contributed by atoms with Crippen molar-refractivity contribution in [1.29, 1.82) is 0 Å². The number of carbonyl (C=O) groups excluding carboxylic acids is 1. The molecule has 1 rings (SSSR count). The number of amides is 1. The van der Waals surface area contributed by atoms with E-state index in [1.807, 2.05) is 13.8 Å². The zero-order chi connectivity index (χ0) is 13.0. The molecular formula is C12H18ClFN2O2. The van der Waals surface area contributed by atoms with Gasteiger partial charge in [-0.2, -0.15) is 0 Å². The quantitative estimate of drug-likeness (QED) is 0.585. The standard InChI is InChI=1S/C12H17FN2O2.ClH/c1-7(2)11(12(16)15-17)14-9-4-5-10(13)8(3)6-9;/h4-7,11,14,17H,1-3H3,(H,15,16);1H. The topological polar surface area (TPSA) is 61.4 Å². The van der Waals surface area contributed by atoms with Crippen molar-refractivity contribution in [3.8, 4) is 0 Å². The maximum atomic E-state index is 13.1. The predicted octanol–water partition coefficient (Wildman–Crippen LogP) is 2.50. The second-order valence-corrected chi connectivity index (χ2v) is 4.31. The van der Waals surface area contributed by atoms with Gasteiger partial charge in [0.05, 0.1) is 0 Å². The lowest BCUT2D eigenvalue weighted by atomic mass is 10.0. The minimum absolute atomic E-state index is 0. The van der Waals surface area contributed by atoms with Gasteiger partial charge >= 0.3 is 0 Å². The molecular weight excluding hydrogens is 259 g/mol. The molecule has 0 saturated heterocycles. The largest absolute Gasteiger partial charge is 0.373 e. The molecule has 18 heavy (non-hydrogen) atoms. The fraction of sp³-hybridized carbons (Fsp3) is 0.417. The summed E-state index contributed by atoms with van der Waals surface area (Å²) in [5.41, 5.74) is 2.76. The third kappa shape index (κ3) is 4.16. The third-order valence-corrected chi connectivity index (χ3v) is 2.54. The number of hydrogen-bond donors (Lipinski definition) is 3. The monoisotopic (exact) mass is 276 g/mol. The van der Waals surface area contributed by atoms with Gasteiger partial charge in [0.2, 0.25) is 0 Å². The zero-order valence-corrected chi connectivity index (χ0v) is 11.3. The summed E-state index contributed by atoms with van der Waals surface area (Å²) in [6.45, 7) is 5.35. The SMILES string of the molecule is Cc1cc(NC(C(=O)NO)C(C)C)ccc1F.Cl. The second kappa shape index (κ2) is 7.18. The molecule has 0 aliphatic heterocycles. The molecule has 1 unspecified atom stereocenters. The predicted molar refractivity (Wildman–Crippen MR) is 70.6 cm³/mol. The minimum atomic E-state index is -0.565. The number of hydroxylamine groups is 1. The van der Waals surface area contributed by atoms with Crippen LogP contribution in [0.1, 0.15) is 19.4 Å². The molecule has 0 aliphatic rings. The lowest BCUT2D eigenvalue weighted by Crippen LogP contribution is -2.41. The molecule has 0 radical (unpaired) electrons. The van der Waals surface area contributed by atoms with Crippen molar-refractivity contribution in [2.45, 2.75) is 26.8 Å². The Morgan fingerprint density at radius 2 is 2.00 bits per heavy atom. The Balaban J connectivity index is 0.00000289. The highest BCUT2D eigenvalue weighted by atomic mass is 35.5. The highest BCUT2D eigenvalue weighted by Crippen LogP contribution is 2.16. The van der Waals surface area contributed by atoms with Gasteiger partial charge < -0.3 is 5.32 Å². The molecule has 0 heterocycles. The average molecular weight is 277 g/mol. The summed E-state index contributed by atoms with van der Waals surface area (Å²) in [4.78, 5) is 11.4. The lowest BCUT2D eigenvalue weighted by molar-refractivity contribution is -0.130. The van der Waals surface area contributed by atoms with E-state index >= 15 is 0 Å². The van der Waals surface area contributed by atoms with Crippen LogP contribution in [0.3, 0.4) is 0 Å². The first kappa shape index (κ1) is 16.7. The van der Waals surface area contributed by atoms with Gasteiger partial charge in [-0.15, -0.1) is 12.4 Å². The highest BCUT2D eigenvalue weighted by Gasteiger charge is 2.21. The van der Waals surface area contributed by atoms with Crippen LogP contribution in [-0.4, -0.2) is 17.2 Å². The number of nitrogens with one attached hydrogen (secondary N) is 2. The van der Waals surface area contributed by atoms with Crippen molar-refractivity contribution < 1.29 is 14.4 Å². The van der Waals surface area contributed by atoms with Crippen molar-refractivity contribution in [3.63, 3.8) is 0 Å². The number of halogens is 2. The Morgan fingerprint density at radius 3 is 2.44 bits per heavy atom. The lowest BCUT2D eigenvalue weighted by Gasteiger charge is -2.21. The van der Waals surface area contributed by atoms with E-state index < -0.39 is 11.9 Å². The number of rotatable bonds is 4. The summed E-state index contributed by atoms with van der Waals surface area (Å²) in [5.74, 6) is -0.808. The Labute approximate surface area is 112 Å². The van der Waals surface area contributed by atoms with Gasteiger partial charge in [0.1, 0.15) is 11.9 Å². The van der Waals surface area contributed by atoms with Gasteiger partial charge in [0, 0.05) is 5.69 Å². The van der Waals surface area contributed by atoms with Crippen LogP contribution in [0.15, 0.2) is 18.2 Å². The first-order valence-corrected chi connectivity index (χ1v) is 5.42. The Morgan fingerprint density at radius 1 is 1.39 bits per heavy atom. The molecule has 1 aromatic carbocycles. The van der Waals surface area contributed by atoms with Gasteiger partial charge in [-0.3, -0.25) is 10.0 Å². The second-order valence-electron chi connectivity index (χ2n) is 4.31.